The first-order valence-corrected chi connectivity index (χ1v) is 4.83. The number of aromatic nitrogens is 2. The molecule has 0 aliphatic carbocycles. The second-order valence-corrected chi connectivity index (χ2v) is 3.06. The molecule has 4 nitrogen and oxygen atoms in total. The number of benzene rings is 1. The van der Waals surface area contributed by atoms with E-state index in [9.17, 15) is 0 Å². The molecule has 0 amide bonds. The Morgan fingerprint density at radius 1 is 1.12 bits per heavy atom. The fourth-order valence-corrected chi connectivity index (χ4v) is 1.18. The van der Waals surface area contributed by atoms with Crippen molar-refractivity contribution in [3.05, 3.63) is 48.5 Å². The average Bonchev–Trinajstić information content (AvgIpc) is 2.38. The molecule has 0 unspecified atom stereocenters. The van der Waals surface area contributed by atoms with Crippen LogP contribution in [0.2, 0.25) is 0 Å². The summed E-state index contributed by atoms with van der Waals surface area (Å²) in [6.07, 6.45) is 4.99. The van der Waals surface area contributed by atoms with E-state index in [1.54, 1.807) is 31.8 Å². The number of rotatable bonds is 3. The third-order valence-electron chi connectivity index (χ3n) is 1.99. The van der Waals surface area contributed by atoms with Crippen LogP contribution < -0.4 is 4.74 Å². The fourth-order valence-electron chi connectivity index (χ4n) is 1.18. The fraction of sp³-hybridized carbons (Fsp3) is 0.0833. The predicted molar refractivity (Wildman–Crippen MR) is 62.3 cm³/mol. The Labute approximate surface area is 93.7 Å². The molecule has 0 aliphatic rings. The van der Waals surface area contributed by atoms with Gasteiger partial charge in [0.15, 0.2) is 5.82 Å². The van der Waals surface area contributed by atoms with Crippen molar-refractivity contribution < 1.29 is 4.74 Å². The monoisotopic (exact) mass is 213 g/mol. The van der Waals surface area contributed by atoms with E-state index < -0.39 is 0 Å². The first-order chi connectivity index (χ1) is 7.88. The number of hydrogen-bond donors (Lipinski definition) is 0. The van der Waals surface area contributed by atoms with Crippen LogP contribution >= 0.6 is 0 Å². The van der Waals surface area contributed by atoms with Gasteiger partial charge in [-0.2, -0.15) is 0 Å². The van der Waals surface area contributed by atoms with E-state index >= 15 is 0 Å². The number of hydrogen-bond acceptors (Lipinski definition) is 4. The van der Waals surface area contributed by atoms with E-state index in [0.717, 1.165) is 11.4 Å². The predicted octanol–water partition coefficient (Wildman–Crippen LogP) is 2.24. The normalized spacial score (nSPS) is 10.6. The summed E-state index contributed by atoms with van der Waals surface area (Å²) in [4.78, 5) is 12.3. The van der Waals surface area contributed by atoms with Crippen molar-refractivity contribution in [3.8, 4) is 5.75 Å². The maximum Gasteiger partial charge on any atom is 0.170 e. The molecule has 1 heterocycles. The Bertz CT molecular complexity index is 465. The van der Waals surface area contributed by atoms with Gasteiger partial charge in [-0.15, -0.1) is 0 Å². The highest BCUT2D eigenvalue weighted by Gasteiger charge is 1.92. The highest BCUT2D eigenvalue weighted by molar-refractivity contribution is 5.77. The lowest BCUT2D eigenvalue weighted by atomic mass is 10.3. The van der Waals surface area contributed by atoms with E-state index in [2.05, 4.69) is 15.0 Å². The Morgan fingerprint density at radius 3 is 2.44 bits per heavy atom. The summed E-state index contributed by atoms with van der Waals surface area (Å²) in [5.74, 6) is 1.41. The molecular formula is C12H11N3O. The van der Waals surface area contributed by atoms with Gasteiger partial charge in [0.25, 0.3) is 0 Å². The minimum atomic E-state index is 0.596. The van der Waals surface area contributed by atoms with Crippen LogP contribution in [0.5, 0.6) is 5.75 Å². The van der Waals surface area contributed by atoms with E-state index in [1.165, 1.54) is 0 Å². The molecule has 1 aromatic carbocycles. The molecule has 0 bridgehead atoms. The van der Waals surface area contributed by atoms with Crippen LogP contribution in [-0.2, 0) is 0 Å². The van der Waals surface area contributed by atoms with Gasteiger partial charge in [0.2, 0.25) is 0 Å². The third-order valence-corrected chi connectivity index (χ3v) is 1.99. The summed E-state index contributed by atoms with van der Waals surface area (Å²) in [5, 5.41) is 0. The van der Waals surface area contributed by atoms with Crippen molar-refractivity contribution in [3.63, 3.8) is 0 Å². The van der Waals surface area contributed by atoms with E-state index in [1.807, 2.05) is 24.3 Å². The zero-order valence-corrected chi connectivity index (χ0v) is 8.87. The number of ether oxygens (including phenoxy) is 1. The lowest BCUT2D eigenvalue weighted by molar-refractivity contribution is 0.415. The minimum absolute atomic E-state index is 0.596. The van der Waals surface area contributed by atoms with Crippen LogP contribution in [0.4, 0.5) is 5.69 Å². The first kappa shape index (κ1) is 10.3. The topological polar surface area (TPSA) is 47.4 Å². The standard InChI is InChI=1S/C12H11N3O/c1-16-11-5-3-10(4-6-11)15-9-12-13-7-2-8-14-12/h2-9H,1H3/b15-9+. The highest BCUT2D eigenvalue weighted by Crippen LogP contribution is 2.17. The summed E-state index contributed by atoms with van der Waals surface area (Å²) in [6.45, 7) is 0. The molecule has 0 saturated heterocycles. The molecular weight excluding hydrogens is 202 g/mol. The van der Waals surface area contributed by atoms with E-state index in [-0.39, 0.29) is 0 Å². The maximum atomic E-state index is 5.06. The maximum absolute atomic E-state index is 5.06. The molecule has 0 saturated carbocycles. The molecule has 0 aliphatic heterocycles. The number of nitrogens with zero attached hydrogens (tertiary/aromatic N) is 3. The Morgan fingerprint density at radius 2 is 1.81 bits per heavy atom. The molecule has 0 fully saturated rings. The highest BCUT2D eigenvalue weighted by atomic mass is 16.5. The second kappa shape index (κ2) is 5.02. The summed E-state index contributed by atoms with van der Waals surface area (Å²) in [5.41, 5.74) is 0.841. The number of aliphatic imine (C=N–C) groups is 1. The van der Waals surface area contributed by atoms with Crippen molar-refractivity contribution in [2.45, 2.75) is 0 Å². The van der Waals surface area contributed by atoms with Gasteiger partial charge in [-0.25, -0.2) is 9.97 Å². The van der Waals surface area contributed by atoms with Gasteiger partial charge in [-0.05, 0) is 30.3 Å². The molecule has 0 N–H and O–H groups in total. The SMILES string of the molecule is COc1ccc(/N=C/c2ncccn2)cc1. The van der Waals surface area contributed by atoms with Crippen LogP contribution in [-0.4, -0.2) is 23.3 Å². The summed E-state index contributed by atoms with van der Waals surface area (Å²) in [6, 6.07) is 9.23. The van der Waals surface area contributed by atoms with Crippen LogP contribution in [0.15, 0.2) is 47.7 Å². The van der Waals surface area contributed by atoms with E-state index in [4.69, 9.17) is 4.74 Å². The van der Waals surface area contributed by atoms with Crippen LogP contribution in [0.3, 0.4) is 0 Å². The van der Waals surface area contributed by atoms with Crippen molar-refractivity contribution in [1.29, 1.82) is 0 Å². The van der Waals surface area contributed by atoms with Gasteiger partial charge in [0.05, 0.1) is 19.0 Å². The molecule has 2 aromatic rings. The van der Waals surface area contributed by atoms with Crippen molar-refractivity contribution in [1.82, 2.24) is 9.97 Å². The minimum Gasteiger partial charge on any atom is -0.497 e. The van der Waals surface area contributed by atoms with Crippen LogP contribution in [0.25, 0.3) is 0 Å². The Hall–Kier alpha value is -2.23. The Balaban J connectivity index is 2.12. The zero-order chi connectivity index (χ0) is 11.2. The van der Waals surface area contributed by atoms with Crippen molar-refractivity contribution >= 4 is 11.9 Å². The smallest absolute Gasteiger partial charge is 0.170 e. The zero-order valence-electron chi connectivity index (χ0n) is 8.87. The lowest BCUT2D eigenvalue weighted by Crippen LogP contribution is -1.89. The van der Waals surface area contributed by atoms with Crippen molar-refractivity contribution in [2.24, 2.45) is 4.99 Å². The lowest BCUT2D eigenvalue weighted by Gasteiger charge is -1.98. The second-order valence-electron chi connectivity index (χ2n) is 3.06. The number of methoxy groups -OCH3 is 1. The molecule has 0 radical (unpaired) electrons. The van der Waals surface area contributed by atoms with Crippen LogP contribution in [0, 0.1) is 0 Å². The van der Waals surface area contributed by atoms with Crippen molar-refractivity contribution in [2.75, 3.05) is 7.11 Å². The first-order valence-electron chi connectivity index (χ1n) is 4.83. The van der Waals surface area contributed by atoms with Gasteiger partial charge in [-0.1, -0.05) is 0 Å². The van der Waals surface area contributed by atoms with Gasteiger partial charge in [0.1, 0.15) is 5.75 Å². The van der Waals surface area contributed by atoms with Gasteiger partial charge in [-0.3, -0.25) is 4.99 Å². The third kappa shape index (κ3) is 2.63. The summed E-state index contributed by atoms with van der Waals surface area (Å²) in [7, 11) is 1.64. The average molecular weight is 213 g/mol. The molecule has 4 heteroatoms. The molecule has 16 heavy (non-hydrogen) atoms. The molecule has 2 rings (SSSR count). The van der Waals surface area contributed by atoms with E-state index in [0.29, 0.717) is 5.82 Å². The van der Waals surface area contributed by atoms with Crippen LogP contribution in [0.1, 0.15) is 5.82 Å². The van der Waals surface area contributed by atoms with Gasteiger partial charge < -0.3 is 4.74 Å². The quantitative estimate of drug-likeness (QED) is 0.734. The van der Waals surface area contributed by atoms with Gasteiger partial charge >= 0.3 is 0 Å². The molecule has 80 valence electrons. The van der Waals surface area contributed by atoms with Gasteiger partial charge in [0, 0.05) is 12.4 Å². The summed E-state index contributed by atoms with van der Waals surface area (Å²) >= 11 is 0. The molecule has 1 aromatic heterocycles. The molecule has 0 spiro atoms. The summed E-state index contributed by atoms with van der Waals surface area (Å²) < 4.78 is 5.06. The molecule has 0 atom stereocenters. The Kier molecular flexibility index (Phi) is 3.23. The largest absolute Gasteiger partial charge is 0.497 e.